The molecule has 2 aliphatic rings. The number of ether oxygens (including phenoxy) is 5. The quantitative estimate of drug-likeness (QED) is 0.742. The summed E-state index contributed by atoms with van der Waals surface area (Å²) in [6, 6.07) is 9.72. The molecule has 0 saturated carbocycles. The predicted octanol–water partition coefficient (Wildman–Crippen LogP) is 2.40. The summed E-state index contributed by atoms with van der Waals surface area (Å²) in [6.45, 7) is 9.04. The molecule has 2 saturated heterocycles. The number of hydrogen-bond donors (Lipinski definition) is 1. The van der Waals surface area contributed by atoms with Crippen molar-refractivity contribution in [2.45, 2.75) is 77.7 Å². The van der Waals surface area contributed by atoms with Gasteiger partial charge >= 0.3 is 5.97 Å². The van der Waals surface area contributed by atoms with Gasteiger partial charge in [0.15, 0.2) is 12.1 Å². The summed E-state index contributed by atoms with van der Waals surface area (Å²) in [5, 5.41) is 10.6. The summed E-state index contributed by atoms with van der Waals surface area (Å²) >= 11 is 0. The smallest absolute Gasteiger partial charge is 0.311 e. The second-order valence-electron chi connectivity index (χ2n) is 8.75. The van der Waals surface area contributed by atoms with Gasteiger partial charge in [-0.2, -0.15) is 0 Å². The zero-order valence-electron chi connectivity index (χ0n) is 17.1. The lowest BCUT2D eigenvalue weighted by Gasteiger charge is -2.29. The van der Waals surface area contributed by atoms with Crippen LogP contribution in [0.3, 0.4) is 0 Å². The number of hydrogen-bond acceptors (Lipinski definition) is 7. The zero-order chi connectivity index (χ0) is 20.5. The lowest BCUT2D eigenvalue weighted by Crippen LogP contribution is -2.45. The first-order valence-electron chi connectivity index (χ1n) is 9.59. The van der Waals surface area contributed by atoms with Crippen LogP contribution in [-0.4, -0.2) is 54.2 Å². The molecule has 2 heterocycles. The first-order valence-corrected chi connectivity index (χ1v) is 9.59. The van der Waals surface area contributed by atoms with Crippen LogP contribution in [0.25, 0.3) is 0 Å². The van der Waals surface area contributed by atoms with E-state index in [4.69, 9.17) is 23.7 Å². The van der Waals surface area contributed by atoms with E-state index in [1.807, 2.05) is 30.3 Å². The summed E-state index contributed by atoms with van der Waals surface area (Å²) in [6.07, 6.45) is -3.48. The molecule has 0 aromatic heterocycles. The van der Waals surface area contributed by atoms with Crippen LogP contribution in [-0.2, 0) is 35.1 Å². The number of benzene rings is 1. The summed E-state index contributed by atoms with van der Waals surface area (Å²) in [5.41, 5.74) is 0.350. The van der Waals surface area contributed by atoms with Crippen molar-refractivity contribution in [3.8, 4) is 0 Å². The molecule has 0 bridgehead atoms. The van der Waals surface area contributed by atoms with E-state index < -0.39 is 41.9 Å². The van der Waals surface area contributed by atoms with Crippen LogP contribution in [0.2, 0.25) is 0 Å². The standard InChI is InChI=1S/C21H30O7/c1-20(2,3)19(23)25-12-14(22)15-16(24-11-13-9-7-6-8-10-13)17-18(26-15)28-21(4,5)27-17/h6-10,14-18,22H,11-12H2,1-5H3/t14?,15-,16-,17?,18-/m1/s1. The van der Waals surface area contributed by atoms with E-state index in [1.54, 1.807) is 34.6 Å². The fraction of sp³-hybridized carbons (Fsp3) is 0.667. The second kappa shape index (κ2) is 8.08. The Bertz CT molecular complexity index is 667. The molecule has 156 valence electrons. The Morgan fingerprint density at radius 1 is 1.21 bits per heavy atom. The molecule has 0 radical (unpaired) electrons. The van der Waals surface area contributed by atoms with Crippen molar-refractivity contribution in [2.75, 3.05) is 6.61 Å². The number of aliphatic hydroxyl groups is 1. The first kappa shape index (κ1) is 21.2. The van der Waals surface area contributed by atoms with Crippen molar-refractivity contribution in [3.05, 3.63) is 35.9 Å². The number of aliphatic hydroxyl groups excluding tert-OH is 1. The lowest BCUT2D eigenvalue weighted by atomic mass is 9.97. The van der Waals surface area contributed by atoms with Crippen LogP contribution in [0.15, 0.2) is 30.3 Å². The molecule has 7 heteroatoms. The highest BCUT2D eigenvalue weighted by molar-refractivity contribution is 5.75. The highest BCUT2D eigenvalue weighted by atomic mass is 16.8. The molecule has 0 aliphatic carbocycles. The van der Waals surface area contributed by atoms with Crippen LogP contribution in [0.1, 0.15) is 40.2 Å². The molecule has 1 N–H and O–H groups in total. The van der Waals surface area contributed by atoms with Gasteiger partial charge in [0.1, 0.15) is 31.0 Å². The molecule has 1 aromatic rings. The van der Waals surface area contributed by atoms with E-state index in [2.05, 4.69) is 0 Å². The van der Waals surface area contributed by atoms with Gasteiger partial charge in [0.05, 0.1) is 12.0 Å². The maximum Gasteiger partial charge on any atom is 0.311 e. The zero-order valence-corrected chi connectivity index (χ0v) is 17.1. The van der Waals surface area contributed by atoms with Gasteiger partial charge in [-0.05, 0) is 40.2 Å². The van der Waals surface area contributed by atoms with Crippen molar-refractivity contribution >= 4 is 5.97 Å². The van der Waals surface area contributed by atoms with Gasteiger partial charge in [0, 0.05) is 0 Å². The van der Waals surface area contributed by atoms with Gasteiger partial charge in [0.2, 0.25) is 0 Å². The van der Waals surface area contributed by atoms with Gasteiger partial charge < -0.3 is 28.8 Å². The number of fused-ring (bicyclic) bond motifs is 1. The number of rotatable bonds is 6. The van der Waals surface area contributed by atoms with E-state index in [-0.39, 0.29) is 12.6 Å². The lowest BCUT2D eigenvalue weighted by molar-refractivity contribution is -0.233. The van der Waals surface area contributed by atoms with Gasteiger partial charge in [-0.1, -0.05) is 30.3 Å². The van der Waals surface area contributed by atoms with E-state index >= 15 is 0 Å². The third-order valence-electron chi connectivity index (χ3n) is 4.69. The van der Waals surface area contributed by atoms with Gasteiger partial charge in [-0.3, -0.25) is 4.79 Å². The molecule has 1 aromatic carbocycles. The van der Waals surface area contributed by atoms with Gasteiger partial charge in [-0.15, -0.1) is 0 Å². The van der Waals surface area contributed by atoms with Crippen LogP contribution in [0.4, 0.5) is 0 Å². The van der Waals surface area contributed by atoms with Crippen molar-refractivity contribution in [1.29, 1.82) is 0 Å². The van der Waals surface area contributed by atoms with Crippen LogP contribution < -0.4 is 0 Å². The Balaban J connectivity index is 1.67. The van der Waals surface area contributed by atoms with Crippen molar-refractivity contribution in [3.63, 3.8) is 0 Å². The summed E-state index contributed by atoms with van der Waals surface area (Å²) in [5.74, 6) is -1.18. The minimum atomic E-state index is -1.06. The van der Waals surface area contributed by atoms with E-state index in [9.17, 15) is 9.90 Å². The SMILES string of the molecule is CC1(C)OC2[C@H](O[C@H](C(O)COC(=O)C(C)(C)C)[C@H]2OCc2ccccc2)O1. The Hall–Kier alpha value is -1.51. The Morgan fingerprint density at radius 3 is 2.54 bits per heavy atom. The number of carbonyl (C=O) groups is 1. The molecule has 7 nitrogen and oxygen atoms in total. The molecule has 0 amide bonds. The summed E-state index contributed by atoms with van der Waals surface area (Å²) < 4.78 is 28.9. The normalized spacial score (nSPS) is 30.1. The highest BCUT2D eigenvalue weighted by Crippen LogP contribution is 2.40. The predicted molar refractivity (Wildman–Crippen MR) is 100 cm³/mol. The van der Waals surface area contributed by atoms with E-state index in [1.165, 1.54) is 0 Å². The molecular formula is C21H30O7. The maximum absolute atomic E-state index is 12.0. The molecule has 5 atom stereocenters. The Morgan fingerprint density at radius 2 is 1.89 bits per heavy atom. The molecule has 2 fully saturated rings. The molecule has 2 unspecified atom stereocenters. The molecular weight excluding hydrogens is 364 g/mol. The maximum atomic E-state index is 12.0. The number of carbonyl (C=O) groups excluding carboxylic acids is 1. The first-order chi connectivity index (χ1) is 13.1. The molecule has 28 heavy (non-hydrogen) atoms. The fourth-order valence-corrected chi connectivity index (χ4v) is 3.24. The topological polar surface area (TPSA) is 83.5 Å². The second-order valence-corrected chi connectivity index (χ2v) is 8.75. The highest BCUT2D eigenvalue weighted by Gasteiger charge is 2.57. The largest absolute Gasteiger partial charge is 0.462 e. The van der Waals surface area contributed by atoms with Crippen molar-refractivity contribution < 1.29 is 33.6 Å². The van der Waals surface area contributed by atoms with Gasteiger partial charge in [-0.25, -0.2) is 0 Å². The Kier molecular flexibility index (Phi) is 6.12. The number of esters is 1. The monoisotopic (exact) mass is 394 g/mol. The molecule has 0 spiro atoms. The third-order valence-corrected chi connectivity index (χ3v) is 4.69. The summed E-state index contributed by atoms with van der Waals surface area (Å²) in [4.78, 5) is 12.0. The van der Waals surface area contributed by atoms with E-state index in [0.717, 1.165) is 5.56 Å². The van der Waals surface area contributed by atoms with Crippen molar-refractivity contribution in [2.24, 2.45) is 5.41 Å². The minimum Gasteiger partial charge on any atom is -0.462 e. The van der Waals surface area contributed by atoms with Crippen LogP contribution in [0.5, 0.6) is 0 Å². The minimum absolute atomic E-state index is 0.186. The molecule has 2 aliphatic heterocycles. The summed E-state index contributed by atoms with van der Waals surface area (Å²) in [7, 11) is 0. The average molecular weight is 394 g/mol. The van der Waals surface area contributed by atoms with E-state index in [0.29, 0.717) is 6.61 Å². The Labute approximate surface area is 165 Å². The van der Waals surface area contributed by atoms with Crippen molar-refractivity contribution in [1.82, 2.24) is 0 Å². The fourth-order valence-electron chi connectivity index (χ4n) is 3.24. The third kappa shape index (κ3) is 4.90. The average Bonchev–Trinajstić information content (AvgIpc) is 3.09. The van der Waals surface area contributed by atoms with Gasteiger partial charge in [0.25, 0.3) is 0 Å². The van der Waals surface area contributed by atoms with Crippen LogP contribution in [0, 0.1) is 5.41 Å². The van der Waals surface area contributed by atoms with Crippen LogP contribution >= 0.6 is 0 Å². The molecule has 3 rings (SSSR count).